The van der Waals surface area contributed by atoms with Crippen LogP contribution in [0.25, 0.3) is 0 Å². The minimum Gasteiger partial charge on any atom is -0.490 e. The third kappa shape index (κ3) is 7.40. The van der Waals surface area contributed by atoms with Crippen LogP contribution in [0.2, 0.25) is 0 Å². The van der Waals surface area contributed by atoms with Crippen molar-refractivity contribution in [3.63, 3.8) is 0 Å². The Balaban J connectivity index is 1.32. The Bertz CT molecular complexity index is 1360. The number of hydrogen-bond donors (Lipinski definition) is 2. The van der Waals surface area contributed by atoms with Gasteiger partial charge >= 0.3 is 6.18 Å². The molecule has 1 aliphatic rings. The number of anilines is 1. The molecule has 2 N–H and O–H groups in total. The van der Waals surface area contributed by atoms with Gasteiger partial charge in [-0.05, 0) is 61.0 Å². The summed E-state index contributed by atoms with van der Waals surface area (Å²) in [5.74, 6) is 0.431. The van der Waals surface area contributed by atoms with Crippen LogP contribution in [0.5, 0.6) is 23.0 Å². The molecule has 1 atom stereocenters. The number of nitrogens with one attached hydrogen (secondary N) is 2. The minimum atomic E-state index is -4.53. The van der Waals surface area contributed by atoms with Gasteiger partial charge in [-0.1, -0.05) is 18.2 Å². The van der Waals surface area contributed by atoms with Crippen LogP contribution in [0.4, 0.5) is 18.9 Å². The Morgan fingerprint density at radius 2 is 1.82 bits per heavy atom. The Hall–Kier alpha value is -4.74. The normalized spacial score (nSPS) is 14.5. The molecular weight excluding hydrogens is 519 g/mol. The van der Waals surface area contributed by atoms with E-state index in [0.717, 1.165) is 12.1 Å². The first kappa shape index (κ1) is 27.3. The van der Waals surface area contributed by atoms with Gasteiger partial charge in [0.25, 0.3) is 11.8 Å². The maximum Gasteiger partial charge on any atom is 0.416 e. The smallest absolute Gasteiger partial charge is 0.416 e. The van der Waals surface area contributed by atoms with Gasteiger partial charge in [0.15, 0.2) is 29.6 Å². The van der Waals surface area contributed by atoms with Gasteiger partial charge in [-0.25, -0.2) is 5.43 Å². The van der Waals surface area contributed by atoms with Crippen molar-refractivity contribution in [1.29, 1.82) is 0 Å². The van der Waals surface area contributed by atoms with Crippen molar-refractivity contribution < 1.29 is 41.7 Å². The van der Waals surface area contributed by atoms with Crippen molar-refractivity contribution in [3.8, 4) is 23.0 Å². The van der Waals surface area contributed by atoms with Gasteiger partial charge in [0, 0.05) is 5.69 Å². The SMILES string of the molecule is CCOc1cc(/C=N\NC(=O)[C@@H]2COc3ccccc3O2)ccc1OCC(=O)Nc1cccc(C(F)(F)F)c1. The molecule has 0 unspecified atom stereocenters. The average molecular weight is 543 g/mol. The molecule has 0 saturated heterocycles. The molecule has 39 heavy (non-hydrogen) atoms. The second kappa shape index (κ2) is 12.2. The number of amides is 2. The number of benzene rings is 3. The molecule has 3 aromatic carbocycles. The van der Waals surface area contributed by atoms with E-state index in [1.807, 2.05) is 0 Å². The summed E-state index contributed by atoms with van der Waals surface area (Å²) in [6, 6.07) is 16.1. The fourth-order valence-electron chi connectivity index (χ4n) is 3.50. The summed E-state index contributed by atoms with van der Waals surface area (Å²) >= 11 is 0. The standard InChI is InChI=1S/C27H24F3N3O6/c1-2-36-23-12-17(14-31-33-26(35)24-15-37-20-8-3-4-9-22(20)39-24)10-11-21(23)38-16-25(34)32-19-7-5-6-18(13-19)27(28,29)30/h3-14,24H,2,15-16H2,1H3,(H,32,34)(H,33,35)/b31-14-/t24-/m0/s1. The van der Waals surface area contributed by atoms with Crippen molar-refractivity contribution >= 4 is 23.7 Å². The van der Waals surface area contributed by atoms with E-state index in [4.69, 9.17) is 18.9 Å². The summed E-state index contributed by atoms with van der Waals surface area (Å²) in [6.07, 6.45) is -4.00. The van der Waals surface area contributed by atoms with Crippen LogP contribution < -0.4 is 29.7 Å². The van der Waals surface area contributed by atoms with Gasteiger partial charge in [-0.3, -0.25) is 9.59 Å². The van der Waals surface area contributed by atoms with Gasteiger partial charge in [0.05, 0.1) is 18.4 Å². The molecule has 0 bridgehead atoms. The molecule has 0 saturated carbocycles. The first-order chi connectivity index (χ1) is 18.7. The quantitative estimate of drug-likeness (QED) is 0.306. The van der Waals surface area contributed by atoms with Crippen molar-refractivity contribution in [1.82, 2.24) is 5.43 Å². The number of para-hydroxylation sites is 2. The molecule has 9 nitrogen and oxygen atoms in total. The maximum absolute atomic E-state index is 12.9. The molecule has 3 aromatic rings. The molecule has 0 spiro atoms. The fourth-order valence-corrected chi connectivity index (χ4v) is 3.50. The lowest BCUT2D eigenvalue weighted by molar-refractivity contribution is -0.137. The number of fused-ring (bicyclic) bond motifs is 1. The molecule has 0 aliphatic carbocycles. The third-order valence-electron chi connectivity index (χ3n) is 5.29. The van der Waals surface area contributed by atoms with E-state index in [1.54, 1.807) is 49.4 Å². The minimum absolute atomic E-state index is 0.00791. The Morgan fingerprint density at radius 3 is 2.59 bits per heavy atom. The summed E-state index contributed by atoms with van der Waals surface area (Å²) in [5.41, 5.74) is 2.08. The van der Waals surface area contributed by atoms with E-state index in [1.165, 1.54) is 18.3 Å². The summed E-state index contributed by atoms with van der Waals surface area (Å²) < 4.78 is 60.9. The zero-order chi connectivity index (χ0) is 27.8. The molecule has 0 fully saturated rings. The van der Waals surface area contributed by atoms with Crippen molar-refractivity contribution in [2.75, 3.05) is 25.1 Å². The number of ether oxygens (including phenoxy) is 4. The van der Waals surface area contributed by atoms with Crippen LogP contribution in [-0.4, -0.2) is 44.0 Å². The summed E-state index contributed by atoms with van der Waals surface area (Å²) in [7, 11) is 0. The Kier molecular flexibility index (Phi) is 8.54. The van der Waals surface area contributed by atoms with Gasteiger partial charge in [-0.2, -0.15) is 18.3 Å². The van der Waals surface area contributed by atoms with Gasteiger partial charge < -0.3 is 24.3 Å². The first-order valence-electron chi connectivity index (χ1n) is 11.8. The van der Waals surface area contributed by atoms with Crippen molar-refractivity contribution in [2.24, 2.45) is 5.10 Å². The maximum atomic E-state index is 12.9. The van der Waals surface area contributed by atoms with Crippen LogP contribution >= 0.6 is 0 Å². The summed E-state index contributed by atoms with van der Waals surface area (Å²) in [5, 5.41) is 6.32. The number of rotatable bonds is 9. The Labute approximate surface area is 221 Å². The van der Waals surface area contributed by atoms with E-state index in [9.17, 15) is 22.8 Å². The molecule has 12 heteroatoms. The first-order valence-corrected chi connectivity index (χ1v) is 11.8. The second-order valence-electron chi connectivity index (χ2n) is 8.15. The predicted molar refractivity (Wildman–Crippen MR) is 135 cm³/mol. The molecule has 204 valence electrons. The number of hydrazone groups is 1. The highest BCUT2D eigenvalue weighted by atomic mass is 19.4. The van der Waals surface area contributed by atoms with Crippen LogP contribution in [0, 0.1) is 0 Å². The van der Waals surface area contributed by atoms with E-state index in [0.29, 0.717) is 29.4 Å². The largest absolute Gasteiger partial charge is 0.490 e. The molecule has 0 radical (unpaired) electrons. The highest BCUT2D eigenvalue weighted by Crippen LogP contribution is 2.32. The summed E-state index contributed by atoms with van der Waals surface area (Å²) in [4.78, 5) is 24.6. The number of halogens is 3. The number of hydrogen-bond acceptors (Lipinski definition) is 7. The van der Waals surface area contributed by atoms with Crippen LogP contribution in [0.1, 0.15) is 18.1 Å². The Morgan fingerprint density at radius 1 is 1.03 bits per heavy atom. The lowest BCUT2D eigenvalue weighted by Crippen LogP contribution is -2.42. The zero-order valence-electron chi connectivity index (χ0n) is 20.7. The van der Waals surface area contributed by atoms with Crippen molar-refractivity contribution in [3.05, 3.63) is 77.9 Å². The topological polar surface area (TPSA) is 107 Å². The van der Waals surface area contributed by atoms with E-state index >= 15 is 0 Å². The third-order valence-corrected chi connectivity index (χ3v) is 5.29. The van der Waals surface area contributed by atoms with Crippen LogP contribution in [0.15, 0.2) is 71.8 Å². The van der Waals surface area contributed by atoms with E-state index < -0.39 is 36.3 Å². The number of alkyl halides is 3. The van der Waals surface area contributed by atoms with Gasteiger partial charge in [0.2, 0.25) is 6.10 Å². The van der Waals surface area contributed by atoms with Crippen molar-refractivity contribution in [2.45, 2.75) is 19.2 Å². The van der Waals surface area contributed by atoms with Gasteiger partial charge in [0.1, 0.15) is 6.61 Å². The van der Waals surface area contributed by atoms with Crippen LogP contribution in [0.3, 0.4) is 0 Å². The van der Waals surface area contributed by atoms with Crippen LogP contribution in [-0.2, 0) is 15.8 Å². The monoisotopic (exact) mass is 543 g/mol. The highest BCUT2D eigenvalue weighted by Gasteiger charge is 2.30. The predicted octanol–water partition coefficient (Wildman–Crippen LogP) is 4.41. The lowest BCUT2D eigenvalue weighted by atomic mass is 10.2. The number of nitrogens with zero attached hydrogens (tertiary/aromatic N) is 1. The molecular formula is C27H24F3N3O6. The van der Waals surface area contributed by atoms with E-state index in [-0.39, 0.29) is 18.0 Å². The number of carbonyl (C=O) groups is 2. The summed E-state index contributed by atoms with van der Waals surface area (Å²) in [6.45, 7) is 1.63. The average Bonchev–Trinajstić information content (AvgIpc) is 2.92. The fraction of sp³-hybridized carbons (Fsp3) is 0.222. The molecule has 1 heterocycles. The molecule has 2 amide bonds. The lowest BCUT2D eigenvalue weighted by Gasteiger charge is -2.24. The highest BCUT2D eigenvalue weighted by molar-refractivity contribution is 5.92. The van der Waals surface area contributed by atoms with E-state index in [2.05, 4.69) is 15.8 Å². The molecule has 0 aromatic heterocycles. The zero-order valence-corrected chi connectivity index (χ0v) is 20.7. The molecule has 1 aliphatic heterocycles. The second-order valence-corrected chi connectivity index (χ2v) is 8.15. The number of carbonyl (C=O) groups excluding carboxylic acids is 2. The molecule has 4 rings (SSSR count). The van der Waals surface area contributed by atoms with Gasteiger partial charge in [-0.15, -0.1) is 0 Å².